The third-order valence-corrected chi connectivity index (χ3v) is 6.20. The van der Waals surface area contributed by atoms with E-state index in [1.807, 2.05) is 30.1 Å². The molecule has 4 rings (SSSR count). The summed E-state index contributed by atoms with van der Waals surface area (Å²) in [5.41, 5.74) is 3.11. The Morgan fingerprint density at radius 3 is 2.59 bits per heavy atom. The second-order valence-electron chi connectivity index (χ2n) is 8.41. The summed E-state index contributed by atoms with van der Waals surface area (Å²) in [6.45, 7) is 2.81. The van der Waals surface area contributed by atoms with Gasteiger partial charge in [0.25, 0.3) is 5.91 Å². The average Bonchev–Trinajstić information content (AvgIpc) is 3.17. The number of nitrogens with one attached hydrogen (secondary N) is 1. The quantitative estimate of drug-likeness (QED) is 0.735. The molecule has 3 amide bonds. The smallest absolute Gasteiger partial charge is 0.274 e. The predicted molar refractivity (Wildman–Crippen MR) is 117 cm³/mol. The lowest BCUT2D eigenvalue weighted by Crippen LogP contribution is -2.39. The average molecular weight is 439 g/mol. The molecule has 9 heteroatoms. The molecule has 0 radical (unpaired) electrons. The SMILES string of the molecule is Cn1nc(C(=O)N2CCCCC2)c2c1CCN(C(=O)CCC(=O)NCc1ccccn1)C2. The fourth-order valence-corrected chi connectivity index (χ4v) is 4.38. The Balaban J connectivity index is 1.33. The summed E-state index contributed by atoms with van der Waals surface area (Å²) in [6.07, 6.45) is 5.80. The van der Waals surface area contributed by atoms with Crippen molar-refractivity contribution in [1.82, 2.24) is 29.9 Å². The van der Waals surface area contributed by atoms with Crippen LogP contribution in [0.3, 0.4) is 0 Å². The zero-order valence-electron chi connectivity index (χ0n) is 18.5. The largest absolute Gasteiger partial charge is 0.350 e. The molecule has 170 valence electrons. The predicted octanol–water partition coefficient (Wildman–Crippen LogP) is 1.42. The molecule has 0 saturated carbocycles. The first-order valence-electron chi connectivity index (χ1n) is 11.3. The standard InChI is InChI=1S/C23H30N6O3/c1-27-19-10-14-29(16-18(19)22(26-27)23(32)28-12-5-2-6-13-28)21(31)9-8-20(30)25-15-17-7-3-4-11-24-17/h3-4,7,11H,2,5-6,8-10,12-16H2,1H3,(H,25,30). The summed E-state index contributed by atoms with van der Waals surface area (Å²) in [4.78, 5) is 45.8. The Morgan fingerprint density at radius 2 is 1.84 bits per heavy atom. The van der Waals surface area contributed by atoms with E-state index >= 15 is 0 Å². The molecule has 9 nitrogen and oxygen atoms in total. The van der Waals surface area contributed by atoms with Crippen molar-refractivity contribution in [2.45, 2.75) is 51.6 Å². The van der Waals surface area contributed by atoms with Crippen molar-refractivity contribution in [3.05, 3.63) is 47.0 Å². The lowest BCUT2D eigenvalue weighted by atomic mass is 10.0. The van der Waals surface area contributed by atoms with E-state index in [-0.39, 0.29) is 30.6 Å². The minimum Gasteiger partial charge on any atom is -0.350 e. The lowest BCUT2D eigenvalue weighted by molar-refractivity contribution is -0.134. The van der Waals surface area contributed by atoms with Gasteiger partial charge in [0, 0.05) is 69.9 Å². The van der Waals surface area contributed by atoms with Crippen molar-refractivity contribution in [2.24, 2.45) is 7.05 Å². The maximum absolute atomic E-state index is 13.1. The molecule has 1 N–H and O–H groups in total. The highest BCUT2D eigenvalue weighted by atomic mass is 16.2. The molecule has 0 bridgehead atoms. The van der Waals surface area contributed by atoms with E-state index in [0.29, 0.717) is 31.7 Å². The molecule has 0 aromatic carbocycles. The van der Waals surface area contributed by atoms with Crippen LogP contribution in [0.4, 0.5) is 0 Å². The lowest BCUT2D eigenvalue weighted by Gasteiger charge is -2.29. The highest BCUT2D eigenvalue weighted by Crippen LogP contribution is 2.25. The van der Waals surface area contributed by atoms with Crippen LogP contribution < -0.4 is 5.32 Å². The van der Waals surface area contributed by atoms with Crippen LogP contribution >= 0.6 is 0 Å². The van der Waals surface area contributed by atoms with E-state index in [9.17, 15) is 14.4 Å². The zero-order valence-corrected chi connectivity index (χ0v) is 18.5. The molecule has 0 atom stereocenters. The van der Waals surface area contributed by atoms with Crippen LogP contribution in [0.1, 0.15) is 59.5 Å². The van der Waals surface area contributed by atoms with Crippen LogP contribution in [0.5, 0.6) is 0 Å². The van der Waals surface area contributed by atoms with Gasteiger partial charge in [0.05, 0.1) is 12.2 Å². The van der Waals surface area contributed by atoms with E-state index in [1.165, 1.54) is 0 Å². The van der Waals surface area contributed by atoms with Gasteiger partial charge in [0.2, 0.25) is 11.8 Å². The second kappa shape index (κ2) is 9.93. The van der Waals surface area contributed by atoms with Crippen LogP contribution in [0.2, 0.25) is 0 Å². The van der Waals surface area contributed by atoms with Gasteiger partial charge in [-0.2, -0.15) is 5.10 Å². The van der Waals surface area contributed by atoms with Crippen LogP contribution in [0, 0.1) is 0 Å². The van der Waals surface area contributed by atoms with Crippen LogP contribution in [0.15, 0.2) is 24.4 Å². The van der Waals surface area contributed by atoms with E-state index in [2.05, 4.69) is 15.4 Å². The Hall–Kier alpha value is -3.23. The Morgan fingerprint density at radius 1 is 1.03 bits per heavy atom. The maximum Gasteiger partial charge on any atom is 0.274 e. The first-order valence-corrected chi connectivity index (χ1v) is 11.3. The molecule has 2 aliphatic heterocycles. The van der Waals surface area contributed by atoms with E-state index in [1.54, 1.807) is 15.8 Å². The van der Waals surface area contributed by atoms with Gasteiger partial charge in [0.1, 0.15) is 0 Å². The molecule has 0 spiro atoms. The number of fused-ring (bicyclic) bond motifs is 1. The summed E-state index contributed by atoms with van der Waals surface area (Å²) < 4.78 is 1.78. The molecule has 4 heterocycles. The van der Waals surface area contributed by atoms with Crippen LogP contribution in [-0.4, -0.2) is 61.9 Å². The summed E-state index contributed by atoms with van der Waals surface area (Å²) in [6, 6.07) is 5.53. The van der Waals surface area contributed by atoms with Crippen molar-refractivity contribution in [3.8, 4) is 0 Å². The molecule has 1 fully saturated rings. The molecular weight excluding hydrogens is 408 g/mol. The van der Waals surface area contributed by atoms with Gasteiger partial charge < -0.3 is 15.1 Å². The Labute approximate surface area is 187 Å². The molecule has 2 aromatic rings. The van der Waals surface area contributed by atoms with Crippen LogP contribution in [-0.2, 0) is 36.1 Å². The Kier molecular flexibility index (Phi) is 6.82. The van der Waals surface area contributed by atoms with Crippen molar-refractivity contribution in [2.75, 3.05) is 19.6 Å². The Bertz CT molecular complexity index is 981. The summed E-state index contributed by atoms with van der Waals surface area (Å²) in [5.74, 6) is -0.294. The van der Waals surface area contributed by atoms with Gasteiger partial charge in [-0.05, 0) is 31.4 Å². The number of likely N-dealkylation sites (tertiary alicyclic amines) is 1. The third-order valence-electron chi connectivity index (χ3n) is 6.20. The topological polar surface area (TPSA) is 100 Å². The molecule has 1 saturated heterocycles. The monoisotopic (exact) mass is 438 g/mol. The summed E-state index contributed by atoms with van der Waals surface area (Å²) in [5, 5.41) is 7.31. The minimum atomic E-state index is -0.177. The number of hydrogen-bond donors (Lipinski definition) is 1. The van der Waals surface area contributed by atoms with E-state index in [4.69, 9.17) is 0 Å². The van der Waals surface area contributed by atoms with Crippen molar-refractivity contribution in [3.63, 3.8) is 0 Å². The van der Waals surface area contributed by atoms with E-state index in [0.717, 1.165) is 49.3 Å². The number of nitrogens with zero attached hydrogens (tertiary/aromatic N) is 5. The van der Waals surface area contributed by atoms with E-state index < -0.39 is 0 Å². The fourth-order valence-electron chi connectivity index (χ4n) is 4.38. The normalized spacial score (nSPS) is 15.9. The van der Waals surface area contributed by atoms with Crippen molar-refractivity contribution < 1.29 is 14.4 Å². The number of aryl methyl sites for hydroxylation is 1. The number of carbonyl (C=O) groups excluding carboxylic acids is 3. The van der Waals surface area contributed by atoms with Gasteiger partial charge in [-0.3, -0.25) is 24.0 Å². The number of aromatic nitrogens is 3. The molecule has 2 aliphatic rings. The minimum absolute atomic E-state index is 0.0373. The number of rotatable bonds is 6. The van der Waals surface area contributed by atoms with Gasteiger partial charge in [-0.15, -0.1) is 0 Å². The molecular formula is C23H30N6O3. The summed E-state index contributed by atoms with van der Waals surface area (Å²) >= 11 is 0. The molecule has 0 unspecified atom stereocenters. The highest BCUT2D eigenvalue weighted by molar-refractivity contribution is 5.94. The number of pyridine rings is 1. The van der Waals surface area contributed by atoms with Crippen molar-refractivity contribution >= 4 is 17.7 Å². The maximum atomic E-state index is 13.1. The van der Waals surface area contributed by atoms with Crippen molar-refractivity contribution in [1.29, 1.82) is 0 Å². The number of hydrogen-bond acceptors (Lipinski definition) is 5. The first-order chi connectivity index (χ1) is 15.5. The number of piperidine rings is 1. The van der Waals surface area contributed by atoms with Gasteiger partial charge in [0.15, 0.2) is 5.69 Å². The first kappa shape index (κ1) is 22.0. The van der Waals surface area contributed by atoms with Gasteiger partial charge in [-0.25, -0.2) is 0 Å². The zero-order chi connectivity index (χ0) is 22.5. The third kappa shape index (κ3) is 4.98. The fraction of sp³-hybridized carbons (Fsp3) is 0.522. The van der Waals surface area contributed by atoms with Gasteiger partial charge >= 0.3 is 0 Å². The summed E-state index contributed by atoms with van der Waals surface area (Å²) in [7, 11) is 1.86. The van der Waals surface area contributed by atoms with Crippen LogP contribution in [0.25, 0.3) is 0 Å². The molecule has 32 heavy (non-hydrogen) atoms. The number of carbonyl (C=O) groups is 3. The second-order valence-corrected chi connectivity index (χ2v) is 8.41. The highest BCUT2D eigenvalue weighted by Gasteiger charge is 2.31. The van der Waals surface area contributed by atoms with Gasteiger partial charge in [-0.1, -0.05) is 6.07 Å². The number of amides is 3. The molecule has 0 aliphatic carbocycles. The molecule has 2 aromatic heterocycles.